The minimum Gasteiger partial charge on any atom is -0.353 e. The van der Waals surface area contributed by atoms with E-state index in [-0.39, 0.29) is 12.1 Å². The van der Waals surface area contributed by atoms with E-state index in [1.165, 1.54) is 31.2 Å². The molecular formula is C19H27N5O. The highest BCUT2D eigenvalue weighted by molar-refractivity contribution is 5.78. The lowest BCUT2D eigenvalue weighted by molar-refractivity contribution is 0.142. The molecule has 2 aliphatic heterocycles. The lowest BCUT2D eigenvalue weighted by Gasteiger charge is -2.37. The molecule has 25 heavy (non-hydrogen) atoms. The Morgan fingerprint density at radius 3 is 2.60 bits per heavy atom. The van der Waals surface area contributed by atoms with E-state index in [0.717, 1.165) is 38.4 Å². The van der Waals surface area contributed by atoms with Crippen LogP contribution in [0.5, 0.6) is 0 Å². The Labute approximate surface area is 149 Å². The van der Waals surface area contributed by atoms with Gasteiger partial charge in [-0.2, -0.15) is 5.10 Å². The molecule has 1 atom stereocenters. The van der Waals surface area contributed by atoms with Gasteiger partial charge in [0.15, 0.2) is 0 Å². The Hall–Kier alpha value is -2.11. The first-order valence-electron chi connectivity index (χ1n) is 9.54. The number of piperazine rings is 1. The average Bonchev–Trinajstić information content (AvgIpc) is 3.33. The van der Waals surface area contributed by atoms with E-state index in [2.05, 4.69) is 27.1 Å². The lowest BCUT2D eigenvalue weighted by Crippen LogP contribution is -2.52. The Morgan fingerprint density at radius 2 is 1.92 bits per heavy atom. The predicted octanol–water partition coefficient (Wildman–Crippen LogP) is 3.06. The van der Waals surface area contributed by atoms with Crippen LogP contribution in [0.15, 0.2) is 23.4 Å². The van der Waals surface area contributed by atoms with Crippen LogP contribution >= 0.6 is 0 Å². The molecule has 1 aliphatic carbocycles. The van der Waals surface area contributed by atoms with E-state index in [1.54, 1.807) is 5.01 Å². The van der Waals surface area contributed by atoms with Gasteiger partial charge in [-0.1, -0.05) is 12.8 Å². The Morgan fingerprint density at radius 1 is 1.16 bits per heavy atom. The van der Waals surface area contributed by atoms with Gasteiger partial charge in [0.05, 0.1) is 6.04 Å². The molecule has 6 nitrogen and oxygen atoms in total. The third-order valence-electron chi connectivity index (χ3n) is 5.74. The van der Waals surface area contributed by atoms with Gasteiger partial charge in [0, 0.05) is 45.0 Å². The highest BCUT2D eigenvalue weighted by Crippen LogP contribution is 2.35. The van der Waals surface area contributed by atoms with E-state index in [9.17, 15) is 4.79 Å². The van der Waals surface area contributed by atoms with E-state index < -0.39 is 0 Å². The molecule has 4 rings (SSSR count). The number of carbonyl (C=O) groups is 1. The Kier molecular flexibility index (Phi) is 4.59. The van der Waals surface area contributed by atoms with Gasteiger partial charge in [-0.15, -0.1) is 0 Å². The molecule has 134 valence electrons. The number of amides is 2. The molecule has 0 aromatic carbocycles. The number of rotatable bonds is 2. The zero-order valence-corrected chi connectivity index (χ0v) is 15.0. The zero-order chi connectivity index (χ0) is 17.2. The molecule has 1 aromatic rings. The van der Waals surface area contributed by atoms with Crippen molar-refractivity contribution in [3.63, 3.8) is 0 Å². The quantitative estimate of drug-likeness (QED) is 0.831. The van der Waals surface area contributed by atoms with Gasteiger partial charge in [0.2, 0.25) is 0 Å². The molecule has 0 radical (unpaired) electrons. The molecule has 0 N–H and O–H groups in total. The van der Waals surface area contributed by atoms with Crippen LogP contribution in [-0.2, 0) is 0 Å². The summed E-state index contributed by atoms with van der Waals surface area (Å²) >= 11 is 0. The van der Waals surface area contributed by atoms with Crippen molar-refractivity contribution in [2.75, 3.05) is 31.1 Å². The molecule has 1 aromatic heterocycles. The van der Waals surface area contributed by atoms with Crippen molar-refractivity contribution in [3.05, 3.63) is 23.9 Å². The van der Waals surface area contributed by atoms with Crippen LogP contribution in [0.1, 0.15) is 50.5 Å². The summed E-state index contributed by atoms with van der Waals surface area (Å²) in [6.45, 7) is 5.16. The summed E-state index contributed by atoms with van der Waals surface area (Å²) in [4.78, 5) is 21.4. The average molecular weight is 341 g/mol. The fraction of sp³-hybridized carbons (Fsp3) is 0.632. The van der Waals surface area contributed by atoms with Crippen LogP contribution in [0.25, 0.3) is 0 Å². The SMILES string of the molecule is CC1CC=NN1C(=O)N1CCN(c2cc(C3CCCC3)ccn2)CC1. The molecule has 1 saturated heterocycles. The normalized spacial score (nSPS) is 24.4. The standard InChI is InChI=1S/C19H27N5O/c1-15-6-9-21-24(15)19(25)23-12-10-22(11-13-23)18-14-17(7-8-20-18)16-4-2-3-5-16/h7-9,14-16H,2-6,10-13H2,1H3. The molecule has 3 aliphatic rings. The second-order valence-electron chi connectivity index (χ2n) is 7.41. The first kappa shape index (κ1) is 16.4. The maximum Gasteiger partial charge on any atom is 0.340 e. The summed E-state index contributed by atoms with van der Waals surface area (Å²) in [5, 5.41) is 5.84. The number of carbonyl (C=O) groups excluding carboxylic acids is 1. The topological polar surface area (TPSA) is 52.0 Å². The van der Waals surface area contributed by atoms with Gasteiger partial charge < -0.3 is 9.80 Å². The van der Waals surface area contributed by atoms with Gasteiger partial charge in [-0.25, -0.2) is 14.8 Å². The highest BCUT2D eigenvalue weighted by atomic mass is 16.2. The maximum atomic E-state index is 12.6. The van der Waals surface area contributed by atoms with E-state index in [4.69, 9.17) is 0 Å². The summed E-state index contributed by atoms with van der Waals surface area (Å²) in [5.74, 6) is 1.77. The fourth-order valence-corrected chi connectivity index (χ4v) is 4.13. The van der Waals surface area contributed by atoms with Gasteiger partial charge in [0.1, 0.15) is 5.82 Å². The third-order valence-corrected chi connectivity index (χ3v) is 5.74. The van der Waals surface area contributed by atoms with E-state index in [1.807, 2.05) is 24.2 Å². The number of anilines is 1. The van der Waals surface area contributed by atoms with Gasteiger partial charge in [-0.05, 0) is 43.4 Å². The van der Waals surface area contributed by atoms with Crippen LogP contribution in [-0.4, -0.2) is 59.4 Å². The number of hydrazone groups is 1. The number of nitrogens with zero attached hydrogens (tertiary/aromatic N) is 5. The molecule has 1 saturated carbocycles. The zero-order valence-electron chi connectivity index (χ0n) is 15.0. The van der Waals surface area contributed by atoms with Gasteiger partial charge >= 0.3 is 6.03 Å². The van der Waals surface area contributed by atoms with Crippen LogP contribution < -0.4 is 4.90 Å². The summed E-state index contributed by atoms with van der Waals surface area (Å²) in [6.07, 6.45) is 9.93. The number of urea groups is 1. The molecule has 6 heteroatoms. The largest absolute Gasteiger partial charge is 0.353 e. The maximum absolute atomic E-state index is 12.6. The number of pyridine rings is 1. The monoisotopic (exact) mass is 341 g/mol. The molecule has 3 heterocycles. The lowest BCUT2D eigenvalue weighted by atomic mass is 9.99. The van der Waals surface area contributed by atoms with Crippen molar-refractivity contribution < 1.29 is 4.79 Å². The first-order valence-corrected chi connectivity index (χ1v) is 9.54. The highest BCUT2D eigenvalue weighted by Gasteiger charge is 2.30. The smallest absolute Gasteiger partial charge is 0.340 e. The molecule has 2 amide bonds. The summed E-state index contributed by atoms with van der Waals surface area (Å²) in [6, 6.07) is 4.65. The van der Waals surface area contributed by atoms with Crippen LogP contribution in [0.3, 0.4) is 0 Å². The van der Waals surface area contributed by atoms with Crippen molar-refractivity contribution in [2.24, 2.45) is 5.10 Å². The molecule has 1 unspecified atom stereocenters. The summed E-state index contributed by atoms with van der Waals surface area (Å²) in [7, 11) is 0. The fourth-order valence-electron chi connectivity index (χ4n) is 4.13. The Balaban J connectivity index is 1.38. The minimum absolute atomic E-state index is 0.0357. The number of hydrogen-bond donors (Lipinski definition) is 0. The van der Waals surface area contributed by atoms with Crippen molar-refractivity contribution in [2.45, 2.75) is 51.0 Å². The van der Waals surface area contributed by atoms with Gasteiger partial charge in [-0.3, -0.25) is 0 Å². The van der Waals surface area contributed by atoms with Gasteiger partial charge in [0.25, 0.3) is 0 Å². The number of aromatic nitrogens is 1. The summed E-state index contributed by atoms with van der Waals surface area (Å²) in [5.41, 5.74) is 1.43. The number of hydrogen-bond acceptors (Lipinski definition) is 4. The summed E-state index contributed by atoms with van der Waals surface area (Å²) < 4.78 is 0. The molecule has 2 fully saturated rings. The first-order chi connectivity index (χ1) is 12.2. The second kappa shape index (κ2) is 7.02. The van der Waals surface area contributed by atoms with E-state index in [0.29, 0.717) is 5.92 Å². The van der Waals surface area contributed by atoms with E-state index >= 15 is 0 Å². The minimum atomic E-state index is 0.0357. The van der Waals surface area contributed by atoms with Crippen molar-refractivity contribution in [1.82, 2.24) is 14.9 Å². The third kappa shape index (κ3) is 3.34. The molecule has 0 spiro atoms. The van der Waals surface area contributed by atoms with Crippen LogP contribution in [0, 0.1) is 0 Å². The molecule has 0 bridgehead atoms. The van der Waals surface area contributed by atoms with Crippen LogP contribution in [0.4, 0.5) is 10.6 Å². The Bertz CT molecular complexity index is 647. The predicted molar refractivity (Wildman–Crippen MR) is 99.0 cm³/mol. The van der Waals surface area contributed by atoms with Crippen molar-refractivity contribution in [1.29, 1.82) is 0 Å². The van der Waals surface area contributed by atoms with Crippen LogP contribution in [0.2, 0.25) is 0 Å². The van der Waals surface area contributed by atoms with Crippen molar-refractivity contribution >= 4 is 18.1 Å². The molecular weight excluding hydrogens is 314 g/mol. The van der Waals surface area contributed by atoms with Crippen molar-refractivity contribution in [3.8, 4) is 0 Å². The second-order valence-corrected chi connectivity index (χ2v) is 7.41.